The minimum atomic E-state index is -0.0276. The molecule has 1 rings (SSSR count). The van der Waals surface area contributed by atoms with E-state index in [1.165, 1.54) is 5.57 Å². The SMILES string of the molecule is CC1=C(C(C)(C)C)C(=O)N(C)C1C. The molecule has 0 aromatic heterocycles. The van der Waals surface area contributed by atoms with E-state index in [1.54, 1.807) is 0 Å². The number of hydrogen-bond donors (Lipinski definition) is 0. The van der Waals surface area contributed by atoms with E-state index < -0.39 is 0 Å². The average molecular weight is 181 g/mol. The Balaban J connectivity index is 3.16. The molecule has 1 heterocycles. The lowest BCUT2D eigenvalue weighted by Crippen LogP contribution is -2.30. The molecule has 0 aliphatic carbocycles. The van der Waals surface area contributed by atoms with Crippen LogP contribution in [0.4, 0.5) is 0 Å². The van der Waals surface area contributed by atoms with Crippen molar-refractivity contribution in [1.29, 1.82) is 0 Å². The zero-order chi connectivity index (χ0) is 10.4. The van der Waals surface area contributed by atoms with E-state index in [2.05, 4.69) is 34.6 Å². The van der Waals surface area contributed by atoms with Crippen LogP contribution in [0.15, 0.2) is 11.1 Å². The number of hydrogen-bond acceptors (Lipinski definition) is 1. The zero-order valence-electron chi connectivity index (χ0n) is 9.43. The monoisotopic (exact) mass is 181 g/mol. The Labute approximate surface area is 80.6 Å². The Morgan fingerprint density at radius 1 is 1.31 bits per heavy atom. The molecule has 2 heteroatoms. The first-order chi connectivity index (χ1) is 5.76. The van der Waals surface area contributed by atoms with Gasteiger partial charge >= 0.3 is 0 Å². The molecule has 1 unspecified atom stereocenters. The van der Waals surface area contributed by atoms with Gasteiger partial charge in [0.05, 0.1) is 6.04 Å². The fraction of sp³-hybridized carbons (Fsp3) is 0.727. The third kappa shape index (κ3) is 1.50. The average Bonchev–Trinajstić information content (AvgIpc) is 2.14. The first kappa shape index (κ1) is 10.3. The van der Waals surface area contributed by atoms with Crippen molar-refractivity contribution in [2.45, 2.75) is 40.7 Å². The Hall–Kier alpha value is -0.790. The Morgan fingerprint density at radius 3 is 1.92 bits per heavy atom. The molecule has 2 nitrogen and oxygen atoms in total. The number of nitrogens with zero attached hydrogens (tertiary/aromatic N) is 1. The van der Waals surface area contributed by atoms with Gasteiger partial charge in [-0.05, 0) is 24.8 Å². The number of amides is 1. The van der Waals surface area contributed by atoms with Gasteiger partial charge in [0.2, 0.25) is 0 Å². The van der Waals surface area contributed by atoms with Crippen molar-refractivity contribution < 1.29 is 4.79 Å². The van der Waals surface area contributed by atoms with Gasteiger partial charge in [-0.25, -0.2) is 0 Å². The number of carbonyl (C=O) groups is 1. The van der Waals surface area contributed by atoms with Gasteiger partial charge in [0.25, 0.3) is 5.91 Å². The summed E-state index contributed by atoms with van der Waals surface area (Å²) in [5, 5.41) is 0. The van der Waals surface area contributed by atoms with E-state index in [0.29, 0.717) is 0 Å². The van der Waals surface area contributed by atoms with Gasteiger partial charge in [-0.3, -0.25) is 4.79 Å². The second-order valence-electron chi connectivity index (χ2n) is 4.90. The Kier molecular flexibility index (Phi) is 2.27. The number of likely N-dealkylation sites (N-methyl/N-ethyl adjacent to an activating group) is 1. The molecular formula is C11H19NO. The highest BCUT2D eigenvalue weighted by Crippen LogP contribution is 2.36. The lowest BCUT2D eigenvalue weighted by Gasteiger charge is -2.20. The van der Waals surface area contributed by atoms with Crippen LogP contribution in [0.3, 0.4) is 0 Å². The summed E-state index contributed by atoms with van der Waals surface area (Å²) in [5.41, 5.74) is 2.18. The van der Waals surface area contributed by atoms with Crippen LogP contribution < -0.4 is 0 Å². The van der Waals surface area contributed by atoms with Gasteiger partial charge in [-0.15, -0.1) is 0 Å². The smallest absolute Gasteiger partial charge is 0.250 e. The maximum absolute atomic E-state index is 11.8. The first-order valence-electron chi connectivity index (χ1n) is 4.75. The fourth-order valence-electron chi connectivity index (χ4n) is 1.93. The minimum Gasteiger partial charge on any atom is -0.336 e. The molecule has 0 bridgehead atoms. The van der Waals surface area contributed by atoms with Crippen LogP contribution >= 0.6 is 0 Å². The minimum absolute atomic E-state index is 0.0276. The molecule has 74 valence electrons. The van der Waals surface area contributed by atoms with Crippen molar-refractivity contribution in [2.75, 3.05) is 7.05 Å². The van der Waals surface area contributed by atoms with Gasteiger partial charge in [0, 0.05) is 12.6 Å². The van der Waals surface area contributed by atoms with Crippen molar-refractivity contribution in [1.82, 2.24) is 4.90 Å². The van der Waals surface area contributed by atoms with Crippen molar-refractivity contribution in [3.05, 3.63) is 11.1 Å². The van der Waals surface area contributed by atoms with Gasteiger partial charge in [-0.1, -0.05) is 20.8 Å². The summed E-state index contributed by atoms with van der Waals surface area (Å²) < 4.78 is 0. The van der Waals surface area contributed by atoms with Crippen LogP contribution in [0.2, 0.25) is 0 Å². The molecule has 1 aliphatic rings. The lowest BCUT2D eigenvalue weighted by atomic mass is 9.84. The van der Waals surface area contributed by atoms with Crippen LogP contribution in [0.1, 0.15) is 34.6 Å². The summed E-state index contributed by atoms with van der Waals surface area (Å²) in [6.07, 6.45) is 0. The van der Waals surface area contributed by atoms with Crippen molar-refractivity contribution in [2.24, 2.45) is 5.41 Å². The van der Waals surface area contributed by atoms with Crippen molar-refractivity contribution in [3.63, 3.8) is 0 Å². The Morgan fingerprint density at radius 2 is 1.77 bits per heavy atom. The van der Waals surface area contributed by atoms with Crippen LogP contribution in [0.25, 0.3) is 0 Å². The van der Waals surface area contributed by atoms with Gasteiger partial charge in [0.1, 0.15) is 0 Å². The molecule has 1 amide bonds. The summed E-state index contributed by atoms with van der Waals surface area (Å²) >= 11 is 0. The highest BCUT2D eigenvalue weighted by molar-refractivity contribution is 5.98. The molecule has 0 N–H and O–H groups in total. The predicted octanol–water partition coefficient (Wildman–Crippen LogP) is 2.21. The number of carbonyl (C=O) groups excluding carboxylic acids is 1. The van der Waals surface area contributed by atoms with E-state index in [0.717, 1.165) is 5.57 Å². The van der Waals surface area contributed by atoms with E-state index in [-0.39, 0.29) is 17.4 Å². The molecule has 0 spiro atoms. The van der Waals surface area contributed by atoms with Crippen LogP contribution in [-0.2, 0) is 4.79 Å². The Bertz CT molecular complexity index is 270. The highest BCUT2D eigenvalue weighted by atomic mass is 16.2. The second-order valence-corrected chi connectivity index (χ2v) is 4.90. The second kappa shape index (κ2) is 2.86. The topological polar surface area (TPSA) is 20.3 Å². The quantitative estimate of drug-likeness (QED) is 0.561. The van der Waals surface area contributed by atoms with Crippen LogP contribution in [-0.4, -0.2) is 23.9 Å². The maximum Gasteiger partial charge on any atom is 0.250 e. The highest BCUT2D eigenvalue weighted by Gasteiger charge is 2.37. The van der Waals surface area contributed by atoms with Crippen molar-refractivity contribution in [3.8, 4) is 0 Å². The van der Waals surface area contributed by atoms with Crippen LogP contribution in [0, 0.1) is 5.41 Å². The van der Waals surface area contributed by atoms with E-state index >= 15 is 0 Å². The molecule has 0 fully saturated rings. The molecule has 13 heavy (non-hydrogen) atoms. The molecule has 1 atom stereocenters. The van der Waals surface area contributed by atoms with Gasteiger partial charge < -0.3 is 4.90 Å². The number of rotatable bonds is 0. The molecule has 0 radical (unpaired) electrons. The van der Waals surface area contributed by atoms with Crippen molar-refractivity contribution >= 4 is 5.91 Å². The van der Waals surface area contributed by atoms with Gasteiger partial charge in [-0.2, -0.15) is 0 Å². The van der Waals surface area contributed by atoms with Gasteiger partial charge in [0.15, 0.2) is 0 Å². The molecule has 1 aliphatic heterocycles. The van der Waals surface area contributed by atoms with E-state index in [4.69, 9.17) is 0 Å². The standard InChI is InChI=1S/C11H19NO/c1-7-8(2)12(6)10(13)9(7)11(3,4)5/h8H,1-6H3. The molecule has 0 aromatic rings. The van der Waals surface area contributed by atoms with E-state index in [9.17, 15) is 4.79 Å². The molecule has 0 aromatic carbocycles. The third-order valence-electron chi connectivity index (χ3n) is 2.89. The largest absolute Gasteiger partial charge is 0.336 e. The third-order valence-corrected chi connectivity index (χ3v) is 2.89. The maximum atomic E-state index is 11.8. The molecule has 0 saturated carbocycles. The summed E-state index contributed by atoms with van der Waals surface area (Å²) in [6, 6.07) is 0.265. The summed E-state index contributed by atoms with van der Waals surface area (Å²) in [7, 11) is 1.87. The molecule has 0 saturated heterocycles. The fourth-order valence-corrected chi connectivity index (χ4v) is 1.93. The summed E-state index contributed by atoms with van der Waals surface area (Å²) in [5.74, 6) is 0.192. The normalized spacial score (nSPS) is 24.6. The zero-order valence-corrected chi connectivity index (χ0v) is 9.43. The van der Waals surface area contributed by atoms with E-state index in [1.807, 2.05) is 11.9 Å². The first-order valence-corrected chi connectivity index (χ1v) is 4.75. The summed E-state index contributed by atoms with van der Waals surface area (Å²) in [6.45, 7) is 10.4. The molecular weight excluding hydrogens is 162 g/mol. The van der Waals surface area contributed by atoms with Crippen LogP contribution in [0.5, 0.6) is 0 Å². The summed E-state index contributed by atoms with van der Waals surface area (Å²) in [4.78, 5) is 13.7. The predicted molar refractivity (Wildman–Crippen MR) is 54.4 cm³/mol. The lowest BCUT2D eigenvalue weighted by molar-refractivity contribution is -0.126.